The Kier molecular flexibility index (Phi) is 6.84. The first-order valence-electron chi connectivity index (χ1n) is 15.1. The van der Waals surface area contributed by atoms with Crippen molar-refractivity contribution in [1.29, 1.82) is 0 Å². The van der Waals surface area contributed by atoms with E-state index in [0.717, 1.165) is 21.7 Å². The zero-order valence-electron chi connectivity index (χ0n) is 24.9. The number of carbonyl (C=O) groups is 4. The van der Waals surface area contributed by atoms with Crippen LogP contribution in [0.4, 0.5) is 5.69 Å². The average Bonchev–Trinajstić information content (AvgIpc) is 3.46. The van der Waals surface area contributed by atoms with E-state index < -0.39 is 35.0 Å². The average molecular weight is 604 g/mol. The molecule has 3 fully saturated rings. The highest BCUT2D eigenvalue weighted by Gasteiger charge is 2.69. The molecule has 3 N–H and O–H groups in total. The summed E-state index contributed by atoms with van der Waals surface area (Å²) >= 11 is 0. The van der Waals surface area contributed by atoms with E-state index in [1.165, 1.54) is 13.2 Å². The van der Waals surface area contributed by atoms with Crippen molar-refractivity contribution in [2.24, 2.45) is 29.6 Å². The van der Waals surface area contributed by atoms with Crippen LogP contribution in [0.25, 0.3) is 6.08 Å². The van der Waals surface area contributed by atoms with Gasteiger partial charge in [-0.1, -0.05) is 77.9 Å². The number of allylic oxidation sites excluding steroid dienone is 3. The highest BCUT2D eigenvalue weighted by atomic mass is 16.5. The summed E-state index contributed by atoms with van der Waals surface area (Å²) in [4.78, 5) is 55.3. The van der Waals surface area contributed by atoms with Crippen molar-refractivity contribution in [3.8, 4) is 11.5 Å². The monoisotopic (exact) mass is 603 g/mol. The van der Waals surface area contributed by atoms with Gasteiger partial charge in [0, 0.05) is 5.92 Å². The number of methoxy groups -OCH3 is 1. The number of anilines is 1. The van der Waals surface area contributed by atoms with E-state index >= 15 is 0 Å². The number of hydrogen-bond acceptors (Lipinski definition) is 7. The van der Waals surface area contributed by atoms with Crippen molar-refractivity contribution >= 4 is 35.4 Å². The van der Waals surface area contributed by atoms with Gasteiger partial charge < -0.3 is 9.84 Å². The number of aryl methyl sites for hydroxylation is 1. The predicted molar refractivity (Wildman–Crippen MR) is 166 cm³/mol. The summed E-state index contributed by atoms with van der Waals surface area (Å²) in [6, 6.07) is 21.8. The van der Waals surface area contributed by atoms with Crippen molar-refractivity contribution in [3.63, 3.8) is 0 Å². The molecule has 4 amide bonds. The molecule has 1 saturated carbocycles. The number of phenols is 1. The van der Waals surface area contributed by atoms with Gasteiger partial charge in [-0.25, -0.2) is 0 Å². The van der Waals surface area contributed by atoms with Crippen molar-refractivity contribution in [2.75, 3.05) is 12.5 Å². The van der Waals surface area contributed by atoms with E-state index in [0.29, 0.717) is 23.4 Å². The third-order valence-corrected chi connectivity index (χ3v) is 9.98. The summed E-state index contributed by atoms with van der Waals surface area (Å²) < 4.78 is 5.31. The Balaban J connectivity index is 1.41. The Bertz CT molecular complexity index is 1780. The van der Waals surface area contributed by atoms with Crippen LogP contribution in [0.5, 0.6) is 11.5 Å². The number of phenolic OH excluding ortho intramolecular Hbond substituents is 1. The second-order valence-electron chi connectivity index (χ2n) is 12.3. The molecule has 3 aromatic carbocycles. The molecule has 0 bridgehead atoms. The van der Waals surface area contributed by atoms with Gasteiger partial charge in [-0.3, -0.25) is 29.9 Å². The molecule has 2 saturated heterocycles. The highest BCUT2D eigenvalue weighted by Crippen LogP contribution is 2.61. The molecule has 45 heavy (non-hydrogen) atoms. The van der Waals surface area contributed by atoms with Gasteiger partial charge in [0.1, 0.15) is 0 Å². The van der Waals surface area contributed by atoms with E-state index in [2.05, 4.69) is 10.7 Å². The summed E-state index contributed by atoms with van der Waals surface area (Å²) in [5, 5.41) is 13.8. The Morgan fingerprint density at radius 2 is 1.73 bits per heavy atom. The number of hydrogen-bond donors (Lipinski definition) is 3. The van der Waals surface area contributed by atoms with Crippen LogP contribution in [-0.4, -0.2) is 40.9 Å². The molecule has 7 rings (SSSR count). The molecule has 2 heterocycles. The molecular formula is C36H33N3O6. The second-order valence-corrected chi connectivity index (χ2v) is 12.3. The maximum atomic E-state index is 14.9. The molecule has 0 spiro atoms. The molecule has 9 heteroatoms. The number of nitrogens with one attached hydrogen (secondary N) is 2. The van der Waals surface area contributed by atoms with Crippen LogP contribution in [0.1, 0.15) is 29.5 Å². The molecule has 2 aliphatic heterocycles. The summed E-state index contributed by atoms with van der Waals surface area (Å²) in [5.41, 5.74) is 5.72. The lowest BCUT2D eigenvalue weighted by Crippen LogP contribution is -2.54. The number of ether oxygens (including phenoxy) is 1. The van der Waals surface area contributed by atoms with Crippen molar-refractivity contribution < 1.29 is 29.0 Å². The number of amides is 4. The van der Waals surface area contributed by atoms with E-state index in [1.54, 1.807) is 12.1 Å². The minimum absolute atomic E-state index is 0.000494. The Labute approximate surface area is 260 Å². The van der Waals surface area contributed by atoms with Crippen LogP contribution in [0, 0.1) is 36.5 Å². The molecule has 6 atom stereocenters. The lowest BCUT2D eigenvalue weighted by Gasteiger charge is -2.49. The van der Waals surface area contributed by atoms with Crippen molar-refractivity contribution in [1.82, 2.24) is 10.3 Å². The zero-order valence-corrected chi connectivity index (χ0v) is 24.9. The van der Waals surface area contributed by atoms with Gasteiger partial charge in [0.25, 0.3) is 11.8 Å². The first-order chi connectivity index (χ1) is 21.7. The minimum atomic E-state index is -1.32. The van der Waals surface area contributed by atoms with E-state index in [9.17, 15) is 24.3 Å². The fourth-order valence-electron chi connectivity index (χ4n) is 7.91. The summed E-state index contributed by atoms with van der Waals surface area (Å²) in [6.45, 7) is 1.96. The number of benzene rings is 3. The molecule has 4 aliphatic rings. The Morgan fingerprint density at radius 1 is 0.978 bits per heavy atom. The Morgan fingerprint density at radius 3 is 2.47 bits per heavy atom. The normalized spacial score (nSPS) is 28.8. The SMILES string of the molecule is COc1cc(C=C[C@H]2C3=CC[C@@H]4C(=O)NC(=O)[C@@H]4[C@@H]3C[C@H]3C(=O)N(Nc4ccc(C)cc4)C(=O)[C@@]23c2ccccc2)ccc1O. The number of hydrazine groups is 1. The van der Waals surface area contributed by atoms with Gasteiger partial charge in [0.15, 0.2) is 11.5 Å². The number of rotatable bonds is 6. The zero-order chi connectivity index (χ0) is 31.5. The fourth-order valence-corrected chi connectivity index (χ4v) is 7.91. The smallest absolute Gasteiger partial charge is 0.260 e. The minimum Gasteiger partial charge on any atom is -0.504 e. The molecule has 0 aromatic heterocycles. The van der Waals surface area contributed by atoms with E-state index in [1.807, 2.05) is 79.7 Å². The lowest BCUT2D eigenvalue weighted by atomic mass is 9.50. The summed E-state index contributed by atoms with van der Waals surface area (Å²) in [5.74, 6) is -4.02. The maximum Gasteiger partial charge on any atom is 0.260 e. The molecule has 0 unspecified atom stereocenters. The van der Waals surface area contributed by atoms with Crippen LogP contribution in [-0.2, 0) is 24.6 Å². The van der Waals surface area contributed by atoms with Crippen LogP contribution in [0.2, 0.25) is 0 Å². The van der Waals surface area contributed by atoms with Gasteiger partial charge in [-0.05, 0) is 61.1 Å². The number of fused-ring (bicyclic) bond motifs is 4. The molecule has 2 aliphatic carbocycles. The van der Waals surface area contributed by atoms with Crippen LogP contribution < -0.4 is 15.5 Å². The fraction of sp³-hybridized carbons (Fsp3) is 0.278. The topological polar surface area (TPSA) is 125 Å². The molecular weight excluding hydrogens is 570 g/mol. The third kappa shape index (κ3) is 4.36. The highest BCUT2D eigenvalue weighted by molar-refractivity contribution is 6.13. The van der Waals surface area contributed by atoms with Gasteiger partial charge in [-0.15, -0.1) is 0 Å². The quantitative estimate of drug-likeness (QED) is 0.279. The molecule has 3 aromatic rings. The summed E-state index contributed by atoms with van der Waals surface area (Å²) in [6.07, 6.45) is 6.41. The largest absolute Gasteiger partial charge is 0.504 e. The van der Waals surface area contributed by atoms with Gasteiger partial charge in [0.05, 0.1) is 36.0 Å². The third-order valence-electron chi connectivity index (χ3n) is 9.98. The summed E-state index contributed by atoms with van der Waals surface area (Å²) in [7, 11) is 1.47. The predicted octanol–water partition coefficient (Wildman–Crippen LogP) is 4.53. The molecule has 0 radical (unpaired) electrons. The van der Waals surface area contributed by atoms with Crippen LogP contribution in [0.3, 0.4) is 0 Å². The van der Waals surface area contributed by atoms with Crippen molar-refractivity contribution in [2.45, 2.75) is 25.2 Å². The first kappa shape index (κ1) is 28.6. The standard InChI is InChI=1S/C36H33N3O6/c1-20-8-12-23(13-9-20)38-39-34(43)28-19-26-24(14-15-25-31(26)33(42)37-32(25)41)27(16-10-21-11-17-29(40)30(18-21)45-2)36(28,35(39)44)22-6-4-3-5-7-22/h3-14,16-18,25-28,31,38,40H,15,19H2,1-2H3,(H,37,41,42)/t25-,26+,27-,28-,31-,36-/m0/s1. The molecule has 9 nitrogen and oxygen atoms in total. The first-order valence-corrected chi connectivity index (χ1v) is 15.1. The number of imide groups is 2. The van der Waals surface area contributed by atoms with E-state index in [-0.39, 0.29) is 35.8 Å². The van der Waals surface area contributed by atoms with Crippen LogP contribution >= 0.6 is 0 Å². The molecule has 228 valence electrons. The van der Waals surface area contributed by atoms with Crippen LogP contribution in [0.15, 0.2) is 90.5 Å². The van der Waals surface area contributed by atoms with Gasteiger partial charge in [-0.2, -0.15) is 5.01 Å². The Hall–Kier alpha value is -5.18. The lowest BCUT2D eigenvalue weighted by molar-refractivity contribution is -0.139. The maximum absolute atomic E-state index is 14.9. The van der Waals surface area contributed by atoms with Gasteiger partial charge in [0.2, 0.25) is 11.8 Å². The second kappa shape index (κ2) is 10.8. The number of nitrogens with zero attached hydrogens (tertiary/aromatic N) is 1. The van der Waals surface area contributed by atoms with Gasteiger partial charge >= 0.3 is 0 Å². The number of aromatic hydroxyl groups is 1. The number of carbonyl (C=O) groups excluding carboxylic acids is 4. The van der Waals surface area contributed by atoms with E-state index in [4.69, 9.17) is 4.74 Å². The van der Waals surface area contributed by atoms with Crippen molar-refractivity contribution in [3.05, 3.63) is 107 Å².